The van der Waals surface area contributed by atoms with Crippen LogP contribution in [0.15, 0.2) is 226 Å². The number of aliphatic imine (C=N–C) groups is 4. The van der Waals surface area contributed by atoms with Crippen LogP contribution >= 0.6 is 0 Å². The molecule has 0 aliphatic carbocycles. The molecule has 9 rings (SSSR count). The van der Waals surface area contributed by atoms with E-state index in [1.807, 2.05) is 109 Å². The number of hydrogen-bond donors (Lipinski definition) is 0. The van der Waals surface area contributed by atoms with Gasteiger partial charge in [-0.1, -0.05) is 158 Å². The Balaban J connectivity index is 1.14. The second kappa shape index (κ2) is 20.4. The van der Waals surface area contributed by atoms with Crippen LogP contribution in [0.2, 0.25) is 0 Å². The minimum atomic E-state index is 0.741. The first-order chi connectivity index (χ1) is 33.2. The number of pyridine rings is 2. The molecular weight excluding hydrogens is 829 g/mol. The van der Waals surface area contributed by atoms with Gasteiger partial charge in [-0.3, -0.25) is 0 Å². The molecule has 0 aliphatic rings. The summed E-state index contributed by atoms with van der Waals surface area (Å²) in [5.41, 5.74) is 20.1. The van der Waals surface area contributed by atoms with Crippen LogP contribution in [-0.2, 0) is 0 Å². The van der Waals surface area contributed by atoms with Crippen molar-refractivity contribution >= 4 is 45.6 Å². The van der Waals surface area contributed by atoms with Gasteiger partial charge in [-0.05, 0) is 123 Å². The molecule has 330 valence electrons. The van der Waals surface area contributed by atoms with Crippen molar-refractivity contribution in [2.75, 3.05) is 0 Å². The summed E-state index contributed by atoms with van der Waals surface area (Å²) in [7, 11) is 0. The number of aromatic nitrogens is 2. The second-order valence-corrected chi connectivity index (χ2v) is 17.0. The summed E-state index contributed by atoms with van der Waals surface area (Å²) in [6.45, 7) is 12.6. The van der Waals surface area contributed by atoms with Gasteiger partial charge >= 0.3 is 0 Å². The molecule has 2 heterocycles. The van der Waals surface area contributed by atoms with E-state index in [1.165, 1.54) is 11.1 Å². The van der Waals surface area contributed by atoms with Crippen molar-refractivity contribution < 1.29 is 0 Å². The molecule has 68 heavy (non-hydrogen) atoms. The van der Waals surface area contributed by atoms with Crippen molar-refractivity contribution in [1.29, 1.82) is 0 Å². The molecule has 2 aromatic heterocycles. The van der Waals surface area contributed by atoms with Crippen LogP contribution in [0, 0.1) is 41.5 Å². The predicted molar refractivity (Wildman–Crippen MR) is 283 cm³/mol. The van der Waals surface area contributed by atoms with E-state index in [2.05, 4.69) is 139 Å². The minimum Gasteiger partial charge on any atom is -0.246 e. The van der Waals surface area contributed by atoms with E-state index in [0.29, 0.717) is 0 Å². The Hall–Kier alpha value is -8.48. The zero-order valence-corrected chi connectivity index (χ0v) is 39.3. The van der Waals surface area contributed by atoms with E-state index in [4.69, 9.17) is 29.9 Å². The lowest BCUT2D eigenvalue weighted by atomic mass is 10.0. The van der Waals surface area contributed by atoms with Crippen LogP contribution in [-0.4, -0.2) is 32.8 Å². The molecule has 0 bridgehead atoms. The molecule has 6 nitrogen and oxygen atoms in total. The van der Waals surface area contributed by atoms with Gasteiger partial charge in [0.1, 0.15) is 0 Å². The van der Waals surface area contributed by atoms with Crippen molar-refractivity contribution in [3.8, 4) is 0 Å². The molecule has 0 atom stereocenters. The molecule has 0 fully saturated rings. The summed E-state index contributed by atoms with van der Waals surface area (Å²) in [5.74, 6) is 0. The first-order valence-electron chi connectivity index (χ1n) is 23.0. The highest BCUT2D eigenvalue weighted by atomic mass is 14.9. The Kier molecular flexibility index (Phi) is 13.4. The lowest BCUT2D eigenvalue weighted by Crippen LogP contribution is -2.12. The normalized spacial score (nSPS) is 12.3. The summed E-state index contributed by atoms with van der Waals surface area (Å²) < 4.78 is 0. The third kappa shape index (κ3) is 10.0. The standard InChI is InChI=1S/C62H52N6/c1-41-23-19-33-51(45(41)5)65-59(47-25-11-7-12-26-47)53-35-21-37-55(63-53)61(49-29-15-9-16-30-49)67-57-39-44(4)58(40-43(57)3)68-62(50-31-17-10-18-32-50)56-38-22-36-54(64-56)60(48-27-13-8-14-28-48)66-52-34-20-24-42(2)46(52)6/h7-40H,1-6H3. The van der Waals surface area contributed by atoms with Crippen molar-refractivity contribution in [2.24, 2.45) is 20.0 Å². The quantitative estimate of drug-likeness (QED) is 0.115. The fourth-order valence-electron chi connectivity index (χ4n) is 8.08. The highest BCUT2D eigenvalue weighted by Crippen LogP contribution is 2.32. The van der Waals surface area contributed by atoms with E-state index in [9.17, 15) is 0 Å². The van der Waals surface area contributed by atoms with Gasteiger partial charge in [0.25, 0.3) is 0 Å². The fourth-order valence-corrected chi connectivity index (χ4v) is 8.08. The van der Waals surface area contributed by atoms with Crippen LogP contribution in [0.1, 0.15) is 78.4 Å². The first kappa shape index (κ1) is 44.7. The number of aryl methyl sites for hydroxylation is 4. The second-order valence-electron chi connectivity index (χ2n) is 17.0. The third-order valence-corrected chi connectivity index (χ3v) is 12.3. The summed E-state index contributed by atoms with van der Waals surface area (Å²) >= 11 is 0. The molecule has 0 spiro atoms. The van der Waals surface area contributed by atoms with Gasteiger partial charge in [0.05, 0.1) is 68.4 Å². The summed E-state index contributed by atoms with van der Waals surface area (Å²) in [4.78, 5) is 32.0. The topological polar surface area (TPSA) is 75.2 Å². The van der Waals surface area contributed by atoms with Gasteiger partial charge in [0, 0.05) is 22.3 Å². The Bertz CT molecular complexity index is 3140. The molecule has 0 unspecified atom stereocenters. The van der Waals surface area contributed by atoms with Crippen molar-refractivity contribution in [3.05, 3.63) is 285 Å². The molecular formula is C62H52N6. The highest BCUT2D eigenvalue weighted by molar-refractivity contribution is 6.17. The fraction of sp³-hybridized carbons (Fsp3) is 0.0968. The molecule has 0 saturated heterocycles. The maximum Gasteiger partial charge on any atom is 0.0966 e. The maximum absolute atomic E-state index is 5.42. The van der Waals surface area contributed by atoms with E-state index in [-0.39, 0.29) is 0 Å². The van der Waals surface area contributed by atoms with E-state index in [1.54, 1.807) is 0 Å². The van der Waals surface area contributed by atoms with E-state index >= 15 is 0 Å². The number of rotatable bonds is 12. The van der Waals surface area contributed by atoms with Gasteiger partial charge in [-0.25, -0.2) is 29.9 Å². The maximum atomic E-state index is 5.42. The van der Waals surface area contributed by atoms with Crippen LogP contribution in [0.3, 0.4) is 0 Å². The van der Waals surface area contributed by atoms with E-state index in [0.717, 1.165) is 113 Å². The number of hydrogen-bond acceptors (Lipinski definition) is 6. The van der Waals surface area contributed by atoms with Gasteiger partial charge < -0.3 is 0 Å². The van der Waals surface area contributed by atoms with Crippen molar-refractivity contribution in [2.45, 2.75) is 41.5 Å². The molecule has 9 aromatic rings. The SMILES string of the molecule is Cc1cc(N=C(c2ccccc2)c2cccc(C(=Nc3cccc(C)c3C)c3ccccc3)n2)c(C)cc1N=C(c1ccccc1)c1cccc(C(=Nc2cccc(C)c2C)c2ccccc2)n1. The van der Waals surface area contributed by atoms with Gasteiger partial charge in [0.15, 0.2) is 0 Å². The molecule has 0 N–H and O–H groups in total. The molecule has 0 saturated carbocycles. The number of nitrogens with zero attached hydrogens (tertiary/aromatic N) is 6. The summed E-state index contributed by atoms with van der Waals surface area (Å²) in [6.07, 6.45) is 0. The summed E-state index contributed by atoms with van der Waals surface area (Å²) in [6, 6.07) is 69.9. The molecule has 0 radical (unpaired) electrons. The zero-order chi connectivity index (χ0) is 47.0. The first-order valence-corrected chi connectivity index (χ1v) is 23.0. The highest BCUT2D eigenvalue weighted by Gasteiger charge is 2.18. The predicted octanol–water partition coefficient (Wildman–Crippen LogP) is 15.0. The van der Waals surface area contributed by atoms with E-state index < -0.39 is 0 Å². The Labute approximate surface area is 400 Å². The third-order valence-electron chi connectivity index (χ3n) is 12.3. The molecule has 0 amide bonds. The summed E-state index contributed by atoms with van der Waals surface area (Å²) in [5, 5.41) is 0. The largest absolute Gasteiger partial charge is 0.246 e. The minimum absolute atomic E-state index is 0.741. The van der Waals surface area contributed by atoms with Crippen LogP contribution in [0.25, 0.3) is 0 Å². The smallest absolute Gasteiger partial charge is 0.0966 e. The number of benzene rings is 7. The van der Waals surface area contributed by atoms with Gasteiger partial charge in [-0.15, -0.1) is 0 Å². The monoisotopic (exact) mass is 880 g/mol. The Morgan fingerprint density at radius 2 is 0.529 bits per heavy atom. The lowest BCUT2D eigenvalue weighted by Gasteiger charge is -2.14. The van der Waals surface area contributed by atoms with Crippen molar-refractivity contribution in [1.82, 2.24) is 9.97 Å². The van der Waals surface area contributed by atoms with Crippen LogP contribution in [0.4, 0.5) is 22.7 Å². The Morgan fingerprint density at radius 1 is 0.265 bits per heavy atom. The van der Waals surface area contributed by atoms with Crippen molar-refractivity contribution in [3.63, 3.8) is 0 Å². The Morgan fingerprint density at radius 3 is 0.824 bits per heavy atom. The average molecular weight is 881 g/mol. The molecule has 6 heteroatoms. The zero-order valence-electron chi connectivity index (χ0n) is 39.3. The molecule has 7 aromatic carbocycles. The van der Waals surface area contributed by atoms with Gasteiger partial charge in [0.2, 0.25) is 0 Å². The average Bonchev–Trinajstić information content (AvgIpc) is 3.38. The molecule has 0 aliphatic heterocycles. The lowest BCUT2D eigenvalue weighted by molar-refractivity contribution is 1.23. The van der Waals surface area contributed by atoms with Crippen LogP contribution < -0.4 is 0 Å². The van der Waals surface area contributed by atoms with Gasteiger partial charge in [-0.2, -0.15) is 0 Å². The van der Waals surface area contributed by atoms with Crippen LogP contribution in [0.5, 0.6) is 0 Å².